The summed E-state index contributed by atoms with van der Waals surface area (Å²) in [6.45, 7) is 2.09. The predicted octanol–water partition coefficient (Wildman–Crippen LogP) is 2.18. The number of nitrogens with two attached hydrogens (primary N) is 1. The van der Waals surface area contributed by atoms with Crippen LogP contribution < -0.4 is 11.1 Å². The molecule has 0 saturated heterocycles. The molecule has 2 atom stereocenters. The van der Waals surface area contributed by atoms with Crippen molar-refractivity contribution in [2.75, 3.05) is 0 Å². The average molecular weight is 260 g/mol. The topological polar surface area (TPSA) is 55.1 Å². The second-order valence-corrected chi connectivity index (χ2v) is 5.53. The maximum Gasteiger partial charge on any atom is 0.221 e. The lowest BCUT2D eigenvalue weighted by atomic mass is 9.88. The number of carbonyl (C=O) groups is 1. The normalized spacial score (nSPS) is 19.6. The van der Waals surface area contributed by atoms with E-state index >= 15 is 0 Å². The summed E-state index contributed by atoms with van der Waals surface area (Å²) < 4.78 is 0. The number of carbonyl (C=O) groups excluding carboxylic acids is 1. The van der Waals surface area contributed by atoms with E-state index in [0.717, 1.165) is 32.1 Å². The first kappa shape index (κ1) is 14.1. The molecule has 3 N–H and O–H groups in total. The molecule has 1 amide bonds. The van der Waals surface area contributed by atoms with Crippen LogP contribution in [0.4, 0.5) is 0 Å². The van der Waals surface area contributed by atoms with Crippen LogP contribution in [0.2, 0.25) is 0 Å². The maximum absolute atomic E-state index is 11.9. The number of amides is 1. The van der Waals surface area contributed by atoms with E-state index in [2.05, 4.69) is 36.5 Å². The fraction of sp³-hybridized carbons (Fsp3) is 0.562. The van der Waals surface area contributed by atoms with E-state index in [0.29, 0.717) is 6.42 Å². The Morgan fingerprint density at radius 3 is 2.89 bits per heavy atom. The van der Waals surface area contributed by atoms with E-state index in [9.17, 15) is 4.79 Å². The molecule has 0 saturated carbocycles. The van der Waals surface area contributed by atoms with E-state index < -0.39 is 0 Å². The lowest BCUT2D eigenvalue weighted by Crippen LogP contribution is -2.41. The van der Waals surface area contributed by atoms with Gasteiger partial charge in [-0.05, 0) is 36.8 Å². The third-order valence-corrected chi connectivity index (χ3v) is 3.82. The van der Waals surface area contributed by atoms with Gasteiger partial charge >= 0.3 is 0 Å². The number of rotatable bonds is 5. The van der Waals surface area contributed by atoms with Gasteiger partial charge in [0.2, 0.25) is 5.91 Å². The monoisotopic (exact) mass is 260 g/mol. The molecule has 2 unspecified atom stereocenters. The molecule has 3 nitrogen and oxygen atoms in total. The maximum atomic E-state index is 11.9. The van der Waals surface area contributed by atoms with Gasteiger partial charge in [-0.25, -0.2) is 0 Å². The van der Waals surface area contributed by atoms with Crippen molar-refractivity contribution in [2.24, 2.45) is 5.73 Å². The van der Waals surface area contributed by atoms with Crippen LogP contribution in [0.3, 0.4) is 0 Å². The first-order valence-electron chi connectivity index (χ1n) is 7.30. The van der Waals surface area contributed by atoms with Crippen LogP contribution in [0.1, 0.15) is 43.7 Å². The molecule has 0 aromatic heterocycles. The van der Waals surface area contributed by atoms with Gasteiger partial charge < -0.3 is 11.1 Å². The molecule has 0 aliphatic heterocycles. The summed E-state index contributed by atoms with van der Waals surface area (Å²) >= 11 is 0. The van der Waals surface area contributed by atoms with Crippen LogP contribution in [0.25, 0.3) is 0 Å². The number of nitrogens with one attached hydrogen (secondary N) is 1. The van der Waals surface area contributed by atoms with Crippen LogP contribution in [0.15, 0.2) is 24.3 Å². The average Bonchev–Trinajstić information content (AvgIpc) is 2.38. The number of fused-ring (bicyclic) bond motifs is 1. The van der Waals surface area contributed by atoms with E-state index in [1.807, 2.05) is 0 Å². The Labute approximate surface area is 115 Å². The Balaban J connectivity index is 1.83. The third-order valence-electron chi connectivity index (χ3n) is 3.82. The Morgan fingerprint density at radius 2 is 2.16 bits per heavy atom. The highest BCUT2D eigenvalue weighted by atomic mass is 16.1. The predicted molar refractivity (Wildman–Crippen MR) is 77.9 cm³/mol. The van der Waals surface area contributed by atoms with Crippen LogP contribution in [-0.4, -0.2) is 18.0 Å². The summed E-state index contributed by atoms with van der Waals surface area (Å²) in [5.41, 5.74) is 8.70. The van der Waals surface area contributed by atoms with E-state index in [-0.39, 0.29) is 18.0 Å². The molecule has 1 aliphatic rings. The molecule has 0 bridgehead atoms. The minimum absolute atomic E-state index is 0.000812. The highest BCUT2D eigenvalue weighted by Crippen LogP contribution is 2.21. The Morgan fingerprint density at radius 1 is 1.42 bits per heavy atom. The van der Waals surface area contributed by atoms with Crippen molar-refractivity contribution in [1.29, 1.82) is 0 Å². The van der Waals surface area contributed by atoms with Gasteiger partial charge in [-0.3, -0.25) is 4.79 Å². The fourth-order valence-corrected chi connectivity index (χ4v) is 2.82. The first-order chi connectivity index (χ1) is 9.19. The van der Waals surface area contributed by atoms with Gasteiger partial charge in [0, 0.05) is 18.5 Å². The molecule has 19 heavy (non-hydrogen) atoms. The number of benzene rings is 1. The van der Waals surface area contributed by atoms with Crippen LogP contribution in [-0.2, 0) is 17.6 Å². The third kappa shape index (κ3) is 4.06. The van der Waals surface area contributed by atoms with Crippen molar-refractivity contribution in [1.82, 2.24) is 5.32 Å². The molecule has 1 aliphatic carbocycles. The zero-order valence-corrected chi connectivity index (χ0v) is 11.7. The SMILES string of the molecule is CCCC(N)CC(=O)NC1CCc2ccccc2C1. The molecular formula is C16H24N2O. The van der Waals surface area contributed by atoms with Crippen molar-refractivity contribution in [3.8, 4) is 0 Å². The molecule has 2 rings (SSSR count). The number of aryl methyl sites for hydroxylation is 1. The smallest absolute Gasteiger partial charge is 0.221 e. The van der Waals surface area contributed by atoms with Gasteiger partial charge in [0.15, 0.2) is 0 Å². The summed E-state index contributed by atoms with van der Waals surface area (Å²) in [5, 5.41) is 3.13. The second-order valence-electron chi connectivity index (χ2n) is 5.53. The standard InChI is InChI=1S/C16H24N2O/c1-2-5-14(17)11-16(19)18-15-9-8-12-6-3-4-7-13(12)10-15/h3-4,6-7,14-15H,2,5,8-11,17H2,1H3,(H,18,19). The minimum atomic E-state index is 0.000812. The molecule has 1 aromatic rings. The summed E-state index contributed by atoms with van der Waals surface area (Å²) in [6.07, 6.45) is 5.44. The van der Waals surface area contributed by atoms with E-state index in [1.165, 1.54) is 11.1 Å². The molecule has 0 heterocycles. The largest absolute Gasteiger partial charge is 0.353 e. The zero-order valence-electron chi connectivity index (χ0n) is 11.7. The van der Waals surface area contributed by atoms with Gasteiger partial charge in [-0.15, -0.1) is 0 Å². The number of hydrogen-bond acceptors (Lipinski definition) is 2. The van der Waals surface area contributed by atoms with E-state index in [4.69, 9.17) is 5.73 Å². The Bertz CT molecular complexity index is 431. The molecule has 0 spiro atoms. The molecule has 0 fully saturated rings. The van der Waals surface area contributed by atoms with Crippen molar-refractivity contribution in [2.45, 2.75) is 57.5 Å². The first-order valence-corrected chi connectivity index (χ1v) is 7.30. The van der Waals surface area contributed by atoms with Gasteiger partial charge in [0.1, 0.15) is 0 Å². The zero-order chi connectivity index (χ0) is 13.7. The summed E-state index contributed by atoms with van der Waals surface area (Å²) in [5.74, 6) is 0.102. The second kappa shape index (κ2) is 6.71. The van der Waals surface area contributed by atoms with Gasteiger partial charge in [-0.2, -0.15) is 0 Å². The molecule has 0 radical (unpaired) electrons. The quantitative estimate of drug-likeness (QED) is 0.852. The highest BCUT2D eigenvalue weighted by molar-refractivity contribution is 5.77. The lowest BCUT2D eigenvalue weighted by Gasteiger charge is -2.26. The lowest BCUT2D eigenvalue weighted by molar-refractivity contribution is -0.122. The Hall–Kier alpha value is -1.35. The fourth-order valence-electron chi connectivity index (χ4n) is 2.82. The van der Waals surface area contributed by atoms with Crippen molar-refractivity contribution in [3.05, 3.63) is 35.4 Å². The molecule has 3 heteroatoms. The number of hydrogen-bond donors (Lipinski definition) is 2. The van der Waals surface area contributed by atoms with Crippen LogP contribution in [0, 0.1) is 0 Å². The van der Waals surface area contributed by atoms with Crippen molar-refractivity contribution in [3.63, 3.8) is 0 Å². The van der Waals surface area contributed by atoms with Crippen LogP contribution >= 0.6 is 0 Å². The van der Waals surface area contributed by atoms with E-state index in [1.54, 1.807) is 0 Å². The summed E-state index contributed by atoms with van der Waals surface area (Å²) in [7, 11) is 0. The molecule has 1 aromatic carbocycles. The van der Waals surface area contributed by atoms with Crippen LogP contribution in [0.5, 0.6) is 0 Å². The Kier molecular flexibility index (Phi) is 4.97. The molecule has 104 valence electrons. The highest BCUT2D eigenvalue weighted by Gasteiger charge is 2.20. The van der Waals surface area contributed by atoms with Gasteiger partial charge in [0.05, 0.1) is 0 Å². The van der Waals surface area contributed by atoms with Crippen molar-refractivity contribution < 1.29 is 4.79 Å². The summed E-state index contributed by atoms with van der Waals surface area (Å²) in [4.78, 5) is 11.9. The summed E-state index contributed by atoms with van der Waals surface area (Å²) in [6, 6.07) is 8.78. The van der Waals surface area contributed by atoms with Gasteiger partial charge in [0.25, 0.3) is 0 Å². The molecular weight excluding hydrogens is 236 g/mol. The van der Waals surface area contributed by atoms with Crippen molar-refractivity contribution >= 4 is 5.91 Å². The van der Waals surface area contributed by atoms with Gasteiger partial charge in [-0.1, -0.05) is 37.6 Å². The minimum Gasteiger partial charge on any atom is -0.353 e.